The van der Waals surface area contributed by atoms with Crippen LogP contribution in [0.15, 0.2) is 24.3 Å². The maximum Gasteiger partial charge on any atom is 0.255 e. The van der Waals surface area contributed by atoms with Crippen LogP contribution in [0.25, 0.3) is 0 Å². The minimum Gasteiger partial charge on any atom is -0.338 e. The molecule has 3 rings (SSSR count). The van der Waals surface area contributed by atoms with Gasteiger partial charge in [0, 0.05) is 31.8 Å². The monoisotopic (exact) mass is 380 g/mol. The Labute approximate surface area is 158 Å². The smallest absolute Gasteiger partial charge is 0.255 e. The first-order valence-corrected chi connectivity index (χ1v) is 10.3. The molecule has 2 aliphatic heterocycles. The van der Waals surface area contributed by atoms with Crippen molar-refractivity contribution >= 4 is 35.2 Å². The molecule has 1 spiro atoms. The first-order valence-electron chi connectivity index (χ1n) is 8.91. The fourth-order valence-electron chi connectivity index (χ4n) is 3.70. The number of likely N-dealkylation sites (tertiary alicyclic amines) is 1. The molecule has 1 aromatic rings. The summed E-state index contributed by atoms with van der Waals surface area (Å²) in [6, 6.07) is 7.19. The maximum absolute atomic E-state index is 12.7. The molecule has 6 heteroatoms. The molecule has 2 heterocycles. The number of hydrogen-bond acceptors (Lipinski definition) is 3. The van der Waals surface area contributed by atoms with E-state index in [1.54, 1.807) is 12.1 Å². The first-order chi connectivity index (χ1) is 11.9. The van der Waals surface area contributed by atoms with E-state index >= 15 is 0 Å². The van der Waals surface area contributed by atoms with Crippen molar-refractivity contribution in [1.29, 1.82) is 0 Å². The molecule has 2 aliphatic rings. The van der Waals surface area contributed by atoms with E-state index in [-0.39, 0.29) is 16.7 Å². The molecule has 0 atom stereocenters. The second-order valence-electron chi connectivity index (χ2n) is 7.21. The number of benzene rings is 1. The normalized spacial score (nSPS) is 19.7. The predicted molar refractivity (Wildman–Crippen MR) is 103 cm³/mol. The van der Waals surface area contributed by atoms with Crippen LogP contribution in [0.5, 0.6) is 0 Å². The average Bonchev–Trinajstić information content (AvgIpc) is 2.98. The number of hydrogen-bond donors (Lipinski definition) is 0. The molecule has 2 fully saturated rings. The molecular weight excluding hydrogens is 356 g/mol. The topological polar surface area (TPSA) is 40.6 Å². The highest BCUT2D eigenvalue weighted by molar-refractivity contribution is 8.00. The van der Waals surface area contributed by atoms with Gasteiger partial charge in [0.05, 0.1) is 15.5 Å². The van der Waals surface area contributed by atoms with Gasteiger partial charge in [-0.3, -0.25) is 9.59 Å². The molecule has 0 saturated carbocycles. The number of carbonyl (C=O) groups excluding carboxylic acids is 2. The van der Waals surface area contributed by atoms with Crippen LogP contribution in [0, 0.1) is 5.92 Å². The Hall–Kier alpha value is -1.20. The van der Waals surface area contributed by atoms with E-state index in [1.807, 2.05) is 28.8 Å². The summed E-state index contributed by atoms with van der Waals surface area (Å²) in [5, 5.41) is 0.497. The molecule has 0 N–H and O–H groups in total. The SMILES string of the molecule is CC(C)CC(=O)N1CCSC12CCN(C(=O)c1ccccc1Cl)CC2. The third kappa shape index (κ3) is 3.82. The van der Waals surface area contributed by atoms with Gasteiger partial charge in [-0.05, 0) is 30.9 Å². The predicted octanol–water partition coefficient (Wildman–Crippen LogP) is 3.89. The molecule has 0 aromatic heterocycles. The zero-order valence-electron chi connectivity index (χ0n) is 14.8. The van der Waals surface area contributed by atoms with E-state index in [0.717, 1.165) is 25.1 Å². The molecule has 136 valence electrons. The summed E-state index contributed by atoms with van der Waals surface area (Å²) in [5.41, 5.74) is 0.562. The van der Waals surface area contributed by atoms with Crippen molar-refractivity contribution < 1.29 is 9.59 Å². The van der Waals surface area contributed by atoms with Gasteiger partial charge in [0.15, 0.2) is 0 Å². The number of rotatable bonds is 3. The van der Waals surface area contributed by atoms with Crippen molar-refractivity contribution in [2.75, 3.05) is 25.4 Å². The Morgan fingerprint density at radius 3 is 2.52 bits per heavy atom. The zero-order valence-corrected chi connectivity index (χ0v) is 16.4. The molecule has 0 bridgehead atoms. The minimum atomic E-state index is -0.122. The standard InChI is InChI=1S/C19H25ClN2O2S/c1-14(2)13-17(23)22-11-12-25-19(22)7-9-21(10-8-19)18(24)15-5-3-4-6-16(15)20/h3-6,14H,7-13H2,1-2H3. The number of carbonyl (C=O) groups is 2. The van der Waals surface area contributed by atoms with E-state index in [2.05, 4.69) is 18.7 Å². The first kappa shape index (κ1) is 18.6. The lowest BCUT2D eigenvalue weighted by molar-refractivity contribution is -0.135. The molecular formula is C19H25ClN2O2S. The van der Waals surface area contributed by atoms with Crippen LogP contribution in [0.4, 0.5) is 0 Å². The second-order valence-corrected chi connectivity index (χ2v) is 9.07. The van der Waals surface area contributed by atoms with E-state index in [1.165, 1.54) is 0 Å². The second kappa shape index (κ2) is 7.58. The Morgan fingerprint density at radius 2 is 1.88 bits per heavy atom. The van der Waals surface area contributed by atoms with Crippen molar-refractivity contribution in [2.45, 2.75) is 38.0 Å². The Balaban J connectivity index is 1.67. The molecule has 2 amide bonds. The van der Waals surface area contributed by atoms with E-state index < -0.39 is 0 Å². The summed E-state index contributed by atoms with van der Waals surface area (Å²) in [6.07, 6.45) is 2.26. The molecule has 25 heavy (non-hydrogen) atoms. The van der Waals surface area contributed by atoms with Crippen molar-refractivity contribution in [3.8, 4) is 0 Å². The van der Waals surface area contributed by atoms with Crippen LogP contribution in [-0.4, -0.2) is 51.9 Å². The van der Waals surface area contributed by atoms with Crippen LogP contribution < -0.4 is 0 Å². The van der Waals surface area contributed by atoms with Gasteiger partial charge in [-0.2, -0.15) is 0 Å². The van der Waals surface area contributed by atoms with Crippen molar-refractivity contribution in [3.63, 3.8) is 0 Å². The summed E-state index contributed by atoms with van der Waals surface area (Å²) in [4.78, 5) is 29.2. The molecule has 1 aromatic carbocycles. The molecule has 2 saturated heterocycles. The summed E-state index contributed by atoms with van der Waals surface area (Å²) in [5.74, 6) is 1.61. The summed E-state index contributed by atoms with van der Waals surface area (Å²) >= 11 is 8.05. The molecule has 4 nitrogen and oxygen atoms in total. The molecule has 0 aliphatic carbocycles. The Morgan fingerprint density at radius 1 is 1.20 bits per heavy atom. The highest BCUT2D eigenvalue weighted by atomic mass is 35.5. The van der Waals surface area contributed by atoms with Crippen molar-refractivity contribution in [2.24, 2.45) is 5.92 Å². The summed E-state index contributed by atoms with van der Waals surface area (Å²) in [7, 11) is 0. The maximum atomic E-state index is 12.7. The number of amides is 2. The lowest BCUT2D eigenvalue weighted by Crippen LogP contribution is -2.53. The number of halogens is 1. The Kier molecular flexibility index (Phi) is 5.64. The van der Waals surface area contributed by atoms with Crippen molar-refractivity contribution in [3.05, 3.63) is 34.9 Å². The van der Waals surface area contributed by atoms with Gasteiger partial charge in [0.1, 0.15) is 0 Å². The summed E-state index contributed by atoms with van der Waals surface area (Å²) < 4.78 is 0. The summed E-state index contributed by atoms with van der Waals surface area (Å²) in [6.45, 7) is 6.33. The van der Waals surface area contributed by atoms with Gasteiger partial charge in [-0.15, -0.1) is 11.8 Å². The van der Waals surface area contributed by atoms with Gasteiger partial charge in [0.25, 0.3) is 5.91 Å². The number of thioether (sulfide) groups is 1. The lowest BCUT2D eigenvalue weighted by atomic mass is 9.99. The molecule has 0 radical (unpaired) electrons. The lowest BCUT2D eigenvalue weighted by Gasteiger charge is -2.44. The highest BCUT2D eigenvalue weighted by Crippen LogP contribution is 2.44. The number of nitrogens with zero attached hydrogens (tertiary/aromatic N) is 2. The molecule has 0 unspecified atom stereocenters. The highest BCUT2D eigenvalue weighted by Gasteiger charge is 2.46. The van der Waals surface area contributed by atoms with Crippen LogP contribution in [0.3, 0.4) is 0 Å². The zero-order chi connectivity index (χ0) is 18.0. The van der Waals surface area contributed by atoms with Gasteiger partial charge < -0.3 is 9.80 Å². The van der Waals surface area contributed by atoms with Gasteiger partial charge in [-0.25, -0.2) is 0 Å². The van der Waals surface area contributed by atoms with Gasteiger partial charge >= 0.3 is 0 Å². The van der Waals surface area contributed by atoms with Gasteiger partial charge in [0.2, 0.25) is 5.91 Å². The van der Waals surface area contributed by atoms with E-state index in [9.17, 15) is 9.59 Å². The number of piperidine rings is 1. The third-order valence-electron chi connectivity index (χ3n) is 5.00. The average molecular weight is 381 g/mol. The fourth-order valence-corrected chi connectivity index (χ4v) is 5.39. The van der Waals surface area contributed by atoms with Crippen LogP contribution in [0.2, 0.25) is 5.02 Å². The van der Waals surface area contributed by atoms with Gasteiger partial charge in [-0.1, -0.05) is 37.6 Å². The Bertz CT molecular complexity index is 657. The van der Waals surface area contributed by atoms with Crippen LogP contribution >= 0.6 is 23.4 Å². The van der Waals surface area contributed by atoms with Crippen molar-refractivity contribution in [1.82, 2.24) is 9.80 Å². The van der Waals surface area contributed by atoms with E-state index in [4.69, 9.17) is 11.6 Å². The van der Waals surface area contributed by atoms with Crippen LogP contribution in [0.1, 0.15) is 43.5 Å². The minimum absolute atomic E-state index is 0.0106. The third-order valence-corrected chi connectivity index (χ3v) is 6.88. The fraction of sp³-hybridized carbons (Fsp3) is 0.579. The van der Waals surface area contributed by atoms with Crippen LogP contribution in [-0.2, 0) is 4.79 Å². The van der Waals surface area contributed by atoms with E-state index in [0.29, 0.717) is 36.0 Å². The quantitative estimate of drug-likeness (QED) is 0.798. The largest absolute Gasteiger partial charge is 0.338 e.